The Kier molecular flexibility index (Phi) is 7.51. The van der Waals surface area contributed by atoms with Gasteiger partial charge < -0.3 is 10.1 Å². The summed E-state index contributed by atoms with van der Waals surface area (Å²) in [5, 5.41) is 2.72. The molecule has 0 aromatic heterocycles. The molecule has 150 valence electrons. The number of anilines is 1. The van der Waals surface area contributed by atoms with Crippen molar-refractivity contribution in [1.82, 2.24) is 4.72 Å². The third kappa shape index (κ3) is 6.30. The van der Waals surface area contributed by atoms with E-state index in [4.69, 9.17) is 4.74 Å². The fourth-order valence-corrected chi connectivity index (χ4v) is 3.92. The minimum Gasteiger partial charge on any atom is -0.383 e. The number of carbonyl (C=O) groups excluding carboxylic acids is 1. The molecule has 2 aromatic carbocycles. The van der Waals surface area contributed by atoms with E-state index < -0.39 is 10.0 Å². The molecule has 0 saturated heterocycles. The number of sulfonamides is 1. The summed E-state index contributed by atoms with van der Waals surface area (Å²) in [6.45, 7) is 6.01. The van der Waals surface area contributed by atoms with Crippen LogP contribution in [0, 0.1) is 13.8 Å². The molecule has 7 heteroatoms. The Balaban J connectivity index is 2.01. The number of ether oxygens (including phenoxy) is 1. The number of hydrogen-bond donors (Lipinski definition) is 2. The number of carbonyl (C=O) groups is 1. The van der Waals surface area contributed by atoms with Crippen LogP contribution in [0.15, 0.2) is 53.4 Å². The van der Waals surface area contributed by atoms with Gasteiger partial charge >= 0.3 is 0 Å². The zero-order valence-electron chi connectivity index (χ0n) is 16.5. The highest BCUT2D eigenvalue weighted by molar-refractivity contribution is 7.89. The van der Waals surface area contributed by atoms with E-state index in [0.29, 0.717) is 5.69 Å². The van der Waals surface area contributed by atoms with E-state index in [-0.39, 0.29) is 23.5 Å². The molecule has 0 radical (unpaired) electrons. The van der Waals surface area contributed by atoms with E-state index in [1.165, 1.54) is 30.9 Å². The summed E-state index contributed by atoms with van der Waals surface area (Å²) in [4.78, 5) is 12.2. The molecule has 1 amide bonds. The Labute approximate surface area is 166 Å². The van der Waals surface area contributed by atoms with Crippen LogP contribution in [0.3, 0.4) is 0 Å². The van der Waals surface area contributed by atoms with Crippen LogP contribution in [0.4, 0.5) is 5.69 Å². The normalized spacial score (nSPS) is 12.9. The lowest BCUT2D eigenvalue weighted by Gasteiger charge is -2.13. The van der Waals surface area contributed by atoms with Crippen molar-refractivity contribution in [2.24, 2.45) is 0 Å². The first-order chi connectivity index (χ1) is 13.2. The standard InChI is InChI=1S/C21H26N2O4S/c1-15-5-6-18(16(2)13-15)7-12-21(24)22-19-8-10-20(11-9-19)28(25,26)23-17(3)14-27-4/h5-13,17,23H,14H2,1-4H3,(H,22,24)/b12-7+. The smallest absolute Gasteiger partial charge is 0.248 e. The molecule has 2 aromatic rings. The molecule has 1 unspecified atom stereocenters. The second-order valence-electron chi connectivity index (χ2n) is 6.68. The topological polar surface area (TPSA) is 84.5 Å². The Hall–Kier alpha value is -2.48. The van der Waals surface area contributed by atoms with Crippen LogP contribution in [-0.4, -0.2) is 34.1 Å². The van der Waals surface area contributed by atoms with Crippen molar-refractivity contribution in [2.75, 3.05) is 19.0 Å². The number of aryl methyl sites for hydroxylation is 2. The van der Waals surface area contributed by atoms with Crippen LogP contribution in [-0.2, 0) is 19.6 Å². The first-order valence-corrected chi connectivity index (χ1v) is 10.4. The minimum atomic E-state index is -3.64. The Morgan fingerprint density at radius 1 is 1.14 bits per heavy atom. The second-order valence-corrected chi connectivity index (χ2v) is 8.40. The molecule has 6 nitrogen and oxygen atoms in total. The molecule has 0 fully saturated rings. The summed E-state index contributed by atoms with van der Waals surface area (Å²) < 4.78 is 32.1. The summed E-state index contributed by atoms with van der Waals surface area (Å²) in [5.41, 5.74) is 3.74. The fraction of sp³-hybridized carbons (Fsp3) is 0.286. The molecule has 0 spiro atoms. The summed E-state index contributed by atoms with van der Waals surface area (Å²) >= 11 is 0. The van der Waals surface area contributed by atoms with Gasteiger partial charge in [-0.25, -0.2) is 13.1 Å². The van der Waals surface area contributed by atoms with Crippen molar-refractivity contribution in [3.8, 4) is 0 Å². The molecular formula is C21H26N2O4S. The maximum Gasteiger partial charge on any atom is 0.248 e. The van der Waals surface area contributed by atoms with E-state index in [2.05, 4.69) is 16.1 Å². The van der Waals surface area contributed by atoms with Gasteiger partial charge in [0.25, 0.3) is 0 Å². The quantitative estimate of drug-likeness (QED) is 0.664. The highest BCUT2D eigenvalue weighted by Crippen LogP contribution is 2.15. The largest absolute Gasteiger partial charge is 0.383 e. The second kappa shape index (κ2) is 9.64. The van der Waals surface area contributed by atoms with Crippen LogP contribution in [0.2, 0.25) is 0 Å². The molecule has 28 heavy (non-hydrogen) atoms. The SMILES string of the molecule is COCC(C)NS(=O)(=O)c1ccc(NC(=O)/C=C/c2ccc(C)cc2C)cc1. The summed E-state index contributed by atoms with van der Waals surface area (Å²) in [6, 6.07) is 11.7. The summed E-state index contributed by atoms with van der Waals surface area (Å²) in [5.74, 6) is -0.289. The third-order valence-electron chi connectivity index (χ3n) is 4.04. The molecular weight excluding hydrogens is 376 g/mol. The van der Waals surface area contributed by atoms with Gasteiger partial charge in [0.15, 0.2) is 0 Å². The van der Waals surface area contributed by atoms with E-state index in [0.717, 1.165) is 11.1 Å². The molecule has 0 aliphatic rings. The Morgan fingerprint density at radius 2 is 1.82 bits per heavy atom. The van der Waals surface area contributed by atoms with E-state index in [1.54, 1.807) is 25.1 Å². The van der Waals surface area contributed by atoms with Crippen molar-refractivity contribution in [3.05, 3.63) is 65.2 Å². The average Bonchev–Trinajstić information content (AvgIpc) is 2.61. The first-order valence-electron chi connectivity index (χ1n) is 8.89. The van der Waals surface area contributed by atoms with Gasteiger partial charge in [-0.2, -0.15) is 0 Å². The van der Waals surface area contributed by atoms with Crippen molar-refractivity contribution >= 4 is 27.7 Å². The van der Waals surface area contributed by atoms with Crippen LogP contribution >= 0.6 is 0 Å². The highest BCUT2D eigenvalue weighted by Gasteiger charge is 2.17. The van der Waals surface area contributed by atoms with E-state index in [9.17, 15) is 13.2 Å². The van der Waals surface area contributed by atoms with Gasteiger partial charge in [0.05, 0.1) is 11.5 Å². The van der Waals surface area contributed by atoms with Crippen LogP contribution in [0.5, 0.6) is 0 Å². The number of nitrogens with one attached hydrogen (secondary N) is 2. The molecule has 2 rings (SSSR count). The number of benzene rings is 2. The monoisotopic (exact) mass is 402 g/mol. The molecule has 0 aliphatic heterocycles. The molecule has 0 bridgehead atoms. The number of methoxy groups -OCH3 is 1. The van der Waals surface area contributed by atoms with E-state index >= 15 is 0 Å². The molecule has 1 atom stereocenters. The fourth-order valence-electron chi connectivity index (χ4n) is 2.70. The molecule has 0 saturated carbocycles. The van der Waals surface area contributed by atoms with Gasteiger partial charge in [0, 0.05) is 24.9 Å². The highest BCUT2D eigenvalue weighted by atomic mass is 32.2. The summed E-state index contributed by atoms with van der Waals surface area (Å²) in [6.07, 6.45) is 3.21. The predicted octanol–water partition coefficient (Wildman–Crippen LogP) is 3.27. The van der Waals surface area contributed by atoms with Gasteiger partial charge in [-0.3, -0.25) is 4.79 Å². The van der Waals surface area contributed by atoms with Crippen molar-refractivity contribution in [3.63, 3.8) is 0 Å². The number of rotatable bonds is 8. The number of amides is 1. The van der Waals surface area contributed by atoms with Gasteiger partial charge in [0.1, 0.15) is 0 Å². The lowest BCUT2D eigenvalue weighted by Crippen LogP contribution is -2.35. The number of hydrogen-bond acceptors (Lipinski definition) is 4. The minimum absolute atomic E-state index is 0.124. The van der Waals surface area contributed by atoms with Crippen LogP contribution < -0.4 is 10.0 Å². The van der Waals surface area contributed by atoms with Crippen LogP contribution in [0.1, 0.15) is 23.6 Å². The average molecular weight is 403 g/mol. The maximum atomic E-state index is 12.3. The van der Waals surface area contributed by atoms with Gasteiger partial charge in [-0.1, -0.05) is 23.8 Å². The molecule has 2 N–H and O–H groups in total. The lowest BCUT2D eigenvalue weighted by molar-refractivity contribution is -0.111. The van der Waals surface area contributed by atoms with Crippen LogP contribution in [0.25, 0.3) is 6.08 Å². The van der Waals surface area contributed by atoms with Gasteiger partial charge in [-0.15, -0.1) is 0 Å². The molecule has 0 aliphatic carbocycles. The van der Waals surface area contributed by atoms with Crippen molar-refractivity contribution in [1.29, 1.82) is 0 Å². The first kappa shape index (κ1) is 21.8. The lowest BCUT2D eigenvalue weighted by atomic mass is 10.1. The van der Waals surface area contributed by atoms with E-state index in [1.807, 2.05) is 26.0 Å². The molecule has 0 heterocycles. The van der Waals surface area contributed by atoms with Gasteiger partial charge in [-0.05, 0) is 62.2 Å². The maximum absolute atomic E-state index is 12.3. The van der Waals surface area contributed by atoms with Crippen molar-refractivity contribution < 1.29 is 17.9 Å². The van der Waals surface area contributed by atoms with Gasteiger partial charge in [0.2, 0.25) is 15.9 Å². The zero-order chi connectivity index (χ0) is 20.7. The zero-order valence-corrected chi connectivity index (χ0v) is 17.3. The Morgan fingerprint density at radius 3 is 2.43 bits per heavy atom. The predicted molar refractivity (Wildman–Crippen MR) is 112 cm³/mol. The van der Waals surface area contributed by atoms with Crippen molar-refractivity contribution in [2.45, 2.75) is 31.7 Å². The Bertz CT molecular complexity index is 951. The summed E-state index contributed by atoms with van der Waals surface area (Å²) in [7, 11) is -2.13. The third-order valence-corrected chi connectivity index (χ3v) is 5.65.